The van der Waals surface area contributed by atoms with E-state index in [4.69, 9.17) is 6.57 Å². The number of nitrogens with zero attached hydrogens (tertiary/aromatic N) is 1. The van der Waals surface area contributed by atoms with Gasteiger partial charge in [0.05, 0.1) is 6.42 Å². The molecule has 0 saturated carbocycles. The molecule has 1 nitrogen and oxygen atoms in total. The van der Waals surface area contributed by atoms with Gasteiger partial charge in [0.25, 0.3) is 0 Å². The molecule has 0 unspecified atom stereocenters. The molecule has 0 aromatic rings. The van der Waals surface area contributed by atoms with Crippen molar-refractivity contribution in [1.82, 2.24) is 0 Å². The average Bonchev–Trinajstić information content (AvgIpc) is 1.98. The molecular weight excluding hydrogens is 219 g/mol. The van der Waals surface area contributed by atoms with Crippen LogP contribution in [0.5, 0.6) is 0 Å². The first-order valence-electron chi connectivity index (χ1n) is 3.22. The van der Waals surface area contributed by atoms with Crippen molar-refractivity contribution in [2.24, 2.45) is 0 Å². The van der Waals surface area contributed by atoms with Gasteiger partial charge in [0, 0.05) is 0 Å². The minimum atomic E-state index is -6.31. The lowest BCUT2D eigenvalue weighted by Crippen LogP contribution is -2.52. The Morgan fingerprint density at radius 3 is 1.64 bits per heavy atom. The molecule has 0 rings (SSSR count). The van der Waals surface area contributed by atoms with Crippen LogP contribution in [-0.4, -0.2) is 24.6 Å². The van der Waals surface area contributed by atoms with Gasteiger partial charge in [-0.15, -0.1) is 0 Å². The summed E-state index contributed by atoms with van der Waals surface area (Å²) in [6.45, 7) is 4.92. The second kappa shape index (κ2) is 3.63. The van der Waals surface area contributed by atoms with Crippen molar-refractivity contribution >= 4 is 0 Å². The Morgan fingerprint density at radius 2 is 1.36 bits per heavy atom. The fourth-order valence-corrected chi connectivity index (χ4v) is 0.561. The Bertz CT molecular complexity index is 236. The first-order chi connectivity index (χ1) is 6.06. The highest BCUT2D eigenvalue weighted by atomic mass is 19.4. The van der Waals surface area contributed by atoms with Crippen molar-refractivity contribution in [3.05, 3.63) is 11.4 Å². The summed E-state index contributed by atoms with van der Waals surface area (Å²) < 4.78 is 83.0. The Labute approximate surface area is 74.3 Å². The van der Waals surface area contributed by atoms with E-state index >= 15 is 0 Å². The number of rotatable bonds is 3. The van der Waals surface area contributed by atoms with Gasteiger partial charge < -0.3 is 4.85 Å². The monoisotopic (exact) mass is 223 g/mol. The zero-order valence-electron chi connectivity index (χ0n) is 6.51. The van der Waals surface area contributed by atoms with E-state index in [2.05, 4.69) is 4.85 Å². The van der Waals surface area contributed by atoms with Crippen molar-refractivity contribution in [2.45, 2.75) is 24.4 Å². The normalized spacial score (nSPS) is 13.9. The topological polar surface area (TPSA) is 4.36 Å². The summed E-state index contributed by atoms with van der Waals surface area (Å²) in [6.07, 6.45) is -8.12. The van der Waals surface area contributed by atoms with E-state index in [0.717, 1.165) is 0 Å². The minimum absolute atomic E-state index is 1.08. The maximum Gasteiger partial charge on any atom is 0.459 e. The third kappa shape index (κ3) is 2.27. The summed E-state index contributed by atoms with van der Waals surface area (Å²) in [5.41, 5.74) is 0. The van der Waals surface area contributed by atoms with Crippen LogP contribution in [0.1, 0.15) is 6.42 Å². The predicted octanol–water partition coefficient (Wildman–Crippen LogP) is 3.13. The van der Waals surface area contributed by atoms with Crippen LogP contribution in [0.2, 0.25) is 0 Å². The summed E-state index contributed by atoms with van der Waals surface area (Å²) in [4.78, 5) is 2.29. The molecule has 8 heteroatoms. The van der Waals surface area contributed by atoms with E-state index in [1.54, 1.807) is 0 Å². The van der Waals surface area contributed by atoms with E-state index in [-0.39, 0.29) is 0 Å². The molecule has 82 valence electrons. The Morgan fingerprint density at radius 1 is 0.929 bits per heavy atom. The van der Waals surface area contributed by atoms with Crippen molar-refractivity contribution in [3.63, 3.8) is 0 Å². The number of hydrogen-bond acceptors (Lipinski definition) is 0. The summed E-state index contributed by atoms with van der Waals surface area (Å²) >= 11 is 0. The molecule has 0 radical (unpaired) electrons. The molecule has 14 heavy (non-hydrogen) atoms. The van der Waals surface area contributed by atoms with E-state index < -0.39 is 31.0 Å². The molecule has 0 N–H and O–H groups in total. The van der Waals surface area contributed by atoms with Crippen molar-refractivity contribution in [1.29, 1.82) is 0 Å². The largest absolute Gasteiger partial charge is 0.459 e. The van der Waals surface area contributed by atoms with E-state index in [0.29, 0.717) is 0 Å². The lowest BCUT2D eigenvalue weighted by molar-refractivity contribution is -0.354. The lowest BCUT2D eigenvalue weighted by atomic mass is 10.1. The summed E-state index contributed by atoms with van der Waals surface area (Å²) in [5, 5.41) is 0. The average molecular weight is 223 g/mol. The molecule has 0 fully saturated rings. The standard InChI is InChI=1S/C6H4F7N/c1-14-3-2-4(7,8)5(9,10)6(11,12)13/h2-3H2. The molecule has 0 amide bonds. The maximum absolute atomic E-state index is 12.3. The van der Waals surface area contributed by atoms with E-state index in [1.807, 2.05) is 0 Å². The molecule has 0 aromatic heterocycles. The second-order valence-electron chi connectivity index (χ2n) is 2.41. The fraction of sp³-hybridized carbons (Fsp3) is 0.833. The number of halogens is 7. The van der Waals surface area contributed by atoms with Gasteiger partial charge in [-0.3, -0.25) is 0 Å². The highest BCUT2D eigenvalue weighted by Gasteiger charge is 2.72. The Balaban J connectivity index is 4.80. The third-order valence-corrected chi connectivity index (χ3v) is 1.35. The van der Waals surface area contributed by atoms with Gasteiger partial charge in [0.2, 0.25) is 6.54 Å². The van der Waals surface area contributed by atoms with Crippen LogP contribution >= 0.6 is 0 Å². The molecular formula is C6H4F7N. The third-order valence-electron chi connectivity index (χ3n) is 1.35. The van der Waals surface area contributed by atoms with Crippen molar-refractivity contribution in [3.8, 4) is 0 Å². The molecule has 0 spiro atoms. The number of hydrogen-bond donors (Lipinski definition) is 0. The molecule has 0 aliphatic carbocycles. The summed E-state index contributed by atoms with van der Waals surface area (Å²) in [6, 6.07) is 0. The smallest absolute Gasteiger partial charge is 0.317 e. The van der Waals surface area contributed by atoms with Gasteiger partial charge in [-0.25, -0.2) is 6.57 Å². The van der Waals surface area contributed by atoms with Gasteiger partial charge in [0.15, 0.2) is 0 Å². The van der Waals surface area contributed by atoms with Crippen molar-refractivity contribution < 1.29 is 30.7 Å². The van der Waals surface area contributed by atoms with Crippen LogP contribution in [0.3, 0.4) is 0 Å². The van der Waals surface area contributed by atoms with Crippen LogP contribution in [0, 0.1) is 6.57 Å². The summed E-state index contributed by atoms with van der Waals surface area (Å²) in [7, 11) is 0. The van der Waals surface area contributed by atoms with Gasteiger partial charge >= 0.3 is 18.0 Å². The SMILES string of the molecule is [C-]#[N+]CCC(F)(F)C(F)(F)C(F)(F)F. The predicted molar refractivity (Wildman–Crippen MR) is 32.0 cm³/mol. The number of alkyl halides is 7. The van der Waals surface area contributed by atoms with Gasteiger partial charge in [-0.2, -0.15) is 30.7 Å². The zero-order valence-corrected chi connectivity index (χ0v) is 6.51. The van der Waals surface area contributed by atoms with Gasteiger partial charge in [0.1, 0.15) is 0 Å². The van der Waals surface area contributed by atoms with Crippen LogP contribution < -0.4 is 0 Å². The van der Waals surface area contributed by atoms with Gasteiger partial charge in [-0.05, 0) is 0 Å². The van der Waals surface area contributed by atoms with Crippen LogP contribution in [0.15, 0.2) is 0 Å². The minimum Gasteiger partial charge on any atom is -0.317 e. The van der Waals surface area contributed by atoms with E-state index in [9.17, 15) is 30.7 Å². The molecule has 0 aliphatic rings. The molecule has 0 aliphatic heterocycles. The first kappa shape index (κ1) is 13.0. The first-order valence-corrected chi connectivity index (χ1v) is 3.22. The van der Waals surface area contributed by atoms with Crippen LogP contribution in [0.4, 0.5) is 30.7 Å². The zero-order chi connectivity index (χ0) is 11.6. The highest BCUT2D eigenvalue weighted by Crippen LogP contribution is 2.47. The molecule has 0 bridgehead atoms. The van der Waals surface area contributed by atoms with Crippen molar-refractivity contribution in [2.75, 3.05) is 6.54 Å². The van der Waals surface area contributed by atoms with Crippen LogP contribution in [-0.2, 0) is 0 Å². The van der Waals surface area contributed by atoms with E-state index in [1.165, 1.54) is 0 Å². The molecule has 0 saturated heterocycles. The molecule has 0 atom stereocenters. The lowest BCUT2D eigenvalue weighted by Gasteiger charge is -2.26. The fourth-order valence-electron chi connectivity index (χ4n) is 0.561. The Hall–Kier alpha value is -1.00. The maximum atomic E-state index is 12.3. The van der Waals surface area contributed by atoms with Gasteiger partial charge in [-0.1, -0.05) is 0 Å². The molecule has 0 heterocycles. The van der Waals surface area contributed by atoms with Crippen LogP contribution in [0.25, 0.3) is 4.85 Å². The highest BCUT2D eigenvalue weighted by molar-refractivity contribution is 4.92. The Kier molecular flexibility index (Phi) is 3.37. The quantitative estimate of drug-likeness (QED) is 0.511. The summed E-state index contributed by atoms with van der Waals surface area (Å²) in [5.74, 6) is -11.3. The molecule has 0 aromatic carbocycles. The second-order valence-corrected chi connectivity index (χ2v) is 2.41.